The van der Waals surface area contributed by atoms with Crippen LogP contribution in [0, 0.1) is 40.4 Å². The summed E-state index contributed by atoms with van der Waals surface area (Å²) in [5, 5.41) is 0. The SMILES string of the molecule is COC(=O)CCC[C@@H](C)[C@H]1CC[C@H]2[C@@H]3CC=C4N(C)C(=O)CC[C@]4(C)[C@H]3CC(=O)[C@]12C. The molecule has 5 nitrogen and oxygen atoms in total. The Morgan fingerprint density at radius 2 is 2.00 bits per heavy atom. The molecule has 1 saturated heterocycles. The third-order valence-corrected chi connectivity index (χ3v) is 9.90. The van der Waals surface area contributed by atoms with Gasteiger partial charge in [-0.1, -0.05) is 26.8 Å². The molecule has 0 radical (unpaired) electrons. The Kier molecular flexibility index (Phi) is 5.85. The Labute approximate surface area is 187 Å². The minimum atomic E-state index is -0.246. The number of ketones is 1. The first-order valence-corrected chi connectivity index (χ1v) is 12.2. The maximum absolute atomic E-state index is 13.8. The average molecular weight is 430 g/mol. The van der Waals surface area contributed by atoms with Crippen LogP contribution in [0.15, 0.2) is 11.8 Å². The highest BCUT2D eigenvalue weighted by atomic mass is 16.5. The molecule has 4 rings (SSSR count). The molecular weight excluding hydrogens is 390 g/mol. The number of esters is 1. The summed E-state index contributed by atoms with van der Waals surface area (Å²) in [6.45, 7) is 6.83. The van der Waals surface area contributed by atoms with Crippen LogP contribution in [-0.2, 0) is 19.1 Å². The van der Waals surface area contributed by atoms with Crippen molar-refractivity contribution in [3.63, 3.8) is 0 Å². The van der Waals surface area contributed by atoms with Crippen molar-refractivity contribution in [3.8, 4) is 0 Å². The number of Topliss-reactive ketones (excluding diaryl/α,β-unsaturated/α-hetero) is 1. The molecule has 0 aromatic rings. The van der Waals surface area contributed by atoms with Crippen LogP contribution in [0.25, 0.3) is 0 Å². The second-order valence-corrected chi connectivity index (χ2v) is 11.1. The van der Waals surface area contributed by atoms with Crippen LogP contribution in [0.1, 0.15) is 78.6 Å². The van der Waals surface area contributed by atoms with E-state index in [1.54, 1.807) is 0 Å². The van der Waals surface area contributed by atoms with Gasteiger partial charge in [0.25, 0.3) is 0 Å². The average Bonchev–Trinajstić information content (AvgIpc) is 3.10. The molecule has 5 heteroatoms. The van der Waals surface area contributed by atoms with E-state index in [1.807, 2.05) is 11.9 Å². The van der Waals surface area contributed by atoms with Crippen LogP contribution in [0.4, 0.5) is 0 Å². The first-order chi connectivity index (χ1) is 14.6. The number of piperidine rings is 1. The van der Waals surface area contributed by atoms with Gasteiger partial charge in [0, 0.05) is 42.8 Å². The van der Waals surface area contributed by atoms with Gasteiger partial charge in [-0.3, -0.25) is 14.4 Å². The summed E-state index contributed by atoms with van der Waals surface area (Å²) in [7, 11) is 3.35. The van der Waals surface area contributed by atoms with E-state index in [1.165, 1.54) is 7.11 Å². The number of amides is 1. The molecule has 172 valence electrons. The lowest BCUT2D eigenvalue weighted by molar-refractivity contribution is -0.150. The molecule has 1 amide bonds. The largest absolute Gasteiger partial charge is 0.469 e. The first-order valence-electron chi connectivity index (χ1n) is 12.2. The minimum absolute atomic E-state index is 0.0627. The molecule has 0 aromatic heterocycles. The lowest BCUT2D eigenvalue weighted by Gasteiger charge is -2.58. The Hall–Kier alpha value is -1.65. The molecule has 3 fully saturated rings. The van der Waals surface area contributed by atoms with Crippen LogP contribution in [0.2, 0.25) is 0 Å². The summed E-state index contributed by atoms with van der Waals surface area (Å²) >= 11 is 0. The van der Waals surface area contributed by atoms with Gasteiger partial charge in [0.05, 0.1) is 7.11 Å². The van der Waals surface area contributed by atoms with Crippen LogP contribution in [0.3, 0.4) is 0 Å². The summed E-state index contributed by atoms with van der Waals surface area (Å²) in [5.74, 6) is 2.66. The Balaban J connectivity index is 1.55. The fraction of sp³-hybridized carbons (Fsp3) is 0.808. The normalized spacial score (nSPS) is 40.5. The highest BCUT2D eigenvalue weighted by Gasteiger charge is 2.63. The van der Waals surface area contributed by atoms with E-state index < -0.39 is 0 Å². The van der Waals surface area contributed by atoms with Gasteiger partial charge in [-0.25, -0.2) is 0 Å². The predicted molar refractivity (Wildman–Crippen MR) is 119 cm³/mol. The highest BCUT2D eigenvalue weighted by molar-refractivity contribution is 5.87. The number of rotatable bonds is 5. The van der Waals surface area contributed by atoms with Gasteiger partial charge in [-0.2, -0.15) is 0 Å². The number of ether oxygens (including phenoxy) is 1. The molecule has 7 atom stereocenters. The van der Waals surface area contributed by atoms with Crippen molar-refractivity contribution < 1.29 is 19.1 Å². The van der Waals surface area contributed by atoms with Gasteiger partial charge in [-0.05, 0) is 68.1 Å². The molecule has 0 unspecified atom stereocenters. The first kappa shape index (κ1) is 22.5. The molecule has 0 spiro atoms. The van der Waals surface area contributed by atoms with Crippen LogP contribution in [0.5, 0.6) is 0 Å². The van der Waals surface area contributed by atoms with Gasteiger partial charge in [0.15, 0.2) is 0 Å². The Morgan fingerprint density at radius 1 is 1.26 bits per heavy atom. The number of allylic oxidation sites excluding steroid dienone is 2. The van der Waals surface area contributed by atoms with Gasteiger partial charge < -0.3 is 9.64 Å². The molecule has 4 aliphatic rings. The Bertz CT molecular complexity index is 803. The van der Waals surface area contributed by atoms with E-state index in [2.05, 4.69) is 26.8 Å². The summed E-state index contributed by atoms with van der Waals surface area (Å²) in [4.78, 5) is 39.4. The Morgan fingerprint density at radius 3 is 2.71 bits per heavy atom. The van der Waals surface area contributed by atoms with Crippen molar-refractivity contribution in [2.75, 3.05) is 14.2 Å². The third-order valence-electron chi connectivity index (χ3n) is 9.90. The lowest BCUT2D eigenvalue weighted by Crippen LogP contribution is -2.57. The van der Waals surface area contributed by atoms with E-state index in [0.29, 0.717) is 54.6 Å². The topological polar surface area (TPSA) is 63.7 Å². The van der Waals surface area contributed by atoms with E-state index in [9.17, 15) is 14.4 Å². The van der Waals surface area contributed by atoms with Gasteiger partial charge in [-0.15, -0.1) is 0 Å². The highest BCUT2D eigenvalue weighted by Crippen LogP contribution is 2.65. The van der Waals surface area contributed by atoms with Crippen LogP contribution >= 0.6 is 0 Å². The van der Waals surface area contributed by atoms with Crippen molar-refractivity contribution in [2.45, 2.75) is 78.6 Å². The molecule has 1 aliphatic heterocycles. The number of methoxy groups -OCH3 is 1. The van der Waals surface area contributed by atoms with E-state index in [0.717, 1.165) is 44.2 Å². The van der Waals surface area contributed by atoms with Crippen molar-refractivity contribution in [1.82, 2.24) is 4.90 Å². The lowest BCUT2D eigenvalue weighted by atomic mass is 9.48. The van der Waals surface area contributed by atoms with Crippen LogP contribution < -0.4 is 0 Å². The standard InChI is InChI=1S/C26H39NO4/c1-16(7-6-8-24(30)31-5)18-10-11-19-17-9-12-21-25(2,14-13-23(29)27(21)4)20(17)15-22(28)26(18,19)3/h12,16-20H,6-11,13-15H2,1-5H3/t16-,17+,18-,19+,20+,25-,26-/m1/s1. The number of hydrogen-bond donors (Lipinski definition) is 0. The molecule has 2 saturated carbocycles. The van der Waals surface area contributed by atoms with Crippen molar-refractivity contribution in [3.05, 3.63) is 11.8 Å². The fourth-order valence-corrected chi connectivity index (χ4v) is 8.10. The van der Waals surface area contributed by atoms with E-state index in [-0.39, 0.29) is 22.7 Å². The molecule has 31 heavy (non-hydrogen) atoms. The van der Waals surface area contributed by atoms with Gasteiger partial charge >= 0.3 is 5.97 Å². The molecule has 1 heterocycles. The fourth-order valence-electron chi connectivity index (χ4n) is 8.10. The monoisotopic (exact) mass is 429 g/mol. The maximum Gasteiger partial charge on any atom is 0.305 e. The molecule has 0 bridgehead atoms. The smallest absolute Gasteiger partial charge is 0.305 e. The molecular formula is C26H39NO4. The second kappa shape index (κ2) is 8.04. The summed E-state index contributed by atoms with van der Waals surface area (Å²) < 4.78 is 4.78. The third kappa shape index (κ3) is 3.38. The van der Waals surface area contributed by atoms with Crippen molar-refractivity contribution >= 4 is 17.7 Å². The summed E-state index contributed by atoms with van der Waals surface area (Å²) in [5.41, 5.74) is 0.851. The zero-order chi connectivity index (χ0) is 22.6. The predicted octanol–water partition coefficient (Wildman–Crippen LogP) is 4.75. The molecule has 3 aliphatic carbocycles. The maximum atomic E-state index is 13.8. The summed E-state index contributed by atoms with van der Waals surface area (Å²) in [6.07, 6.45) is 9.92. The van der Waals surface area contributed by atoms with Crippen molar-refractivity contribution in [1.29, 1.82) is 0 Å². The van der Waals surface area contributed by atoms with E-state index in [4.69, 9.17) is 4.74 Å². The molecule has 0 aromatic carbocycles. The summed E-state index contributed by atoms with van der Waals surface area (Å²) in [6, 6.07) is 0. The second-order valence-electron chi connectivity index (χ2n) is 11.1. The quantitative estimate of drug-likeness (QED) is 0.592. The van der Waals surface area contributed by atoms with Crippen LogP contribution in [-0.4, -0.2) is 36.7 Å². The zero-order valence-corrected chi connectivity index (χ0v) is 19.9. The number of likely N-dealkylation sites (tertiary alicyclic amines) is 1. The number of fused-ring (bicyclic) bond motifs is 5. The minimum Gasteiger partial charge on any atom is -0.469 e. The number of carbonyl (C=O) groups excluding carboxylic acids is 3. The van der Waals surface area contributed by atoms with Gasteiger partial charge in [0.1, 0.15) is 5.78 Å². The number of nitrogens with zero attached hydrogens (tertiary/aromatic N) is 1. The molecule has 0 N–H and O–H groups in total. The zero-order valence-electron chi connectivity index (χ0n) is 19.9. The number of carbonyl (C=O) groups is 3. The van der Waals surface area contributed by atoms with Crippen molar-refractivity contribution in [2.24, 2.45) is 40.4 Å². The number of hydrogen-bond acceptors (Lipinski definition) is 4. The van der Waals surface area contributed by atoms with Gasteiger partial charge in [0.2, 0.25) is 5.91 Å². The van der Waals surface area contributed by atoms with E-state index >= 15 is 0 Å².